The van der Waals surface area contributed by atoms with Crippen molar-refractivity contribution in [2.75, 3.05) is 14.2 Å². The molecule has 0 atom stereocenters. The maximum absolute atomic E-state index is 10.9. The van der Waals surface area contributed by atoms with Crippen molar-refractivity contribution in [3.8, 4) is 21.9 Å². The minimum Gasteiger partial charge on any atom is -0.493 e. The molecule has 2 aromatic rings. The molecule has 4 nitrogen and oxygen atoms in total. The fraction of sp³-hybridized carbons (Fsp3) is 0.214. The highest BCUT2D eigenvalue weighted by Gasteiger charge is 2.13. The topological polar surface area (TPSA) is 55.8 Å². The third-order valence-corrected chi connectivity index (χ3v) is 3.81. The van der Waals surface area contributed by atoms with E-state index >= 15 is 0 Å². The van der Waals surface area contributed by atoms with E-state index in [1.165, 1.54) is 11.3 Å². The molecule has 2 rings (SSSR count). The van der Waals surface area contributed by atoms with Gasteiger partial charge >= 0.3 is 5.97 Å². The highest BCUT2D eigenvalue weighted by molar-refractivity contribution is 7.13. The van der Waals surface area contributed by atoms with Gasteiger partial charge < -0.3 is 14.6 Å². The maximum atomic E-state index is 10.9. The van der Waals surface area contributed by atoms with E-state index in [9.17, 15) is 4.79 Å². The summed E-state index contributed by atoms with van der Waals surface area (Å²) in [6.45, 7) is 1.96. The molecule has 0 saturated heterocycles. The number of ether oxygens (including phenoxy) is 2. The van der Waals surface area contributed by atoms with Crippen LogP contribution in [0.25, 0.3) is 10.4 Å². The van der Waals surface area contributed by atoms with Crippen LogP contribution in [0.2, 0.25) is 0 Å². The van der Waals surface area contributed by atoms with Crippen molar-refractivity contribution in [1.29, 1.82) is 0 Å². The van der Waals surface area contributed by atoms with Gasteiger partial charge in [-0.2, -0.15) is 0 Å². The third kappa shape index (κ3) is 2.56. The van der Waals surface area contributed by atoms with E-state index < -0.39 is 5.97 Å². The van der Waals surface area contributed by atoms with Gasteiger partial charge in [0.2, 0.25) is 0 Å². The van der Waals surface area contributed by atoms with Crippen LogP contribution in [0.1, 0.15) is 15.9 Å². The Bertz CT molecular complexity index is 616. The van der Waals surface area contributed by atoms with E-state index in [0.717, 1.165) is 16.0 Å². The standard InChI is InChI=1S/C14H14O4S/c1-8-4-11(17-2)12(18-3)6-10(8)13-5-9(7-19-13)14(15)16/h4-7H,1-3H3,(H,15,16). The molecular formula is C14H14O4S. The van der Waals surface area contributed by atoms with Crippen molar-refractivity contribution < 1.29 is 19.4 Å². The number of benzene rings is 1. The average Bonchev–Trinajstić information content (AvgIpc) is 2.87. The molecular weight excluding hydrogens is 264 g/mol. The molecule has 0 bridgehead atoms. The summed E-state index contributed by atoms with van der Waals surface area (Å²) in [4.78, 5) is 11.8. The zero-order valence-electron chi connectivity index (χ0n) is 10.9. The maximum Gasteiger partial charge on any atom is 0.336 e. The molecule has 100 valence electrons. The van der Waals surface area contributed by atoms with Gasteiger partial charge in [-0.15, -0.1) is 11.3 Å². The second-order valence-electron chi connectivity index (χ2n) is 4.03. The van der Waals surface area contributed by atoms with E-state index in [4.69, 9.17) is 14.6 Å². The lowest BCUT2D eigenvalue weighted by Crippen LogP contribution is -1.93. The van der Waals surface area contributed by atoms with Crippen molar-refractivity contribution in [3.05, 3.63) is 34.7 Å². The van der Waals surface area contributed by atoms with Gasteiger partial charge in [0.05, 0.1) is 19.8 Å². The SMILES string of the molecule is COc1cc(C)c(-c2cc(C(=O)O)cs2)cc1OC. The summed E-state index contributed by atoms with van der Waals surface area (Å²) in [6, 6.07) is 5.42. The smallest absolute Gasteiger partial charge is 0.336 e. The summed E-state index contributed by atoms with van der Waals surface area (Å²) in [6.07, 6.45) is 0. The highest BCUT2D eigenvalue weighted by Crippen LogP contribution is 2.37. The average molecular weight is 278 g/mol. The lowest BCUT2D eigenvalue weighted by atomic mass is 10.1. The molecule has 0 amide bonds. The number of hydrogen-bond donors (Lipinski definition) is 1. The quantitative estimate of drug-likeness (QED) is 0.930. The van der Waals surface area contributed by atoms with E-state index in [-0.39, 0.29) is 0 Å². The molecule has 5 heteroatoms. The van der Waals surface area contributed by atoms with E-state index in [1.54, 1.807) is 25.7 Å². The van der Waals surface area contributed by atoms with Gasteiger partial charge in [0.25, 0.3) is 0 Å². The zero-order valence-corrected chi connectivity index (χ0v) is 11.7. The largest absolute Gasteiger partial charge is 0.493 e. The Morgan fingerprint density at radius 3 is 2.32 bits per heavy atom. The minimum absolute atomic E-state index is 0.300. The first-order valence-electron chi connectivity index (χ1n) is 5.61. The predicted molar refractivity (Wildman–Crippen MR) is 74.6 cm³/mol. The molecule has 0 aliphatic rings. The van der Waals surface area contributed by atoms with Crippen molar-refractivity contribution in [1.82, 2.24) is 0 Å². The second kappa shape index (κ2) is 5.32. The van der Waals surface area contributed by atoms with Crippen LogP contribution in [0, 0.1) is 6.92 Å². The number of hydrogen-bond acceptors (Lipinski definition) is 4. The number of rotatable bonds is 4. The fourth-order valence-electron chi connectivity index (χ4n) is 1.84. The summed E-state index contributed by atoms with van der Waals surface area (Å²) < 4.78 is 10.5. The number of carbonyl (C=O) groups is 1. The monoisotopic (exact) mass is 278 g/mol. The Morgan fingerprint density at radius 1 is 1.16 bits per heavy atom. The van der Waals surface area contributed by atoms with Crippen molar-refractivity contribution >= 4 is 17.3 Å². The van der Waals surface area contributed by atoms with E-state index in [0.29, 0.717) is 17.1 Å². The van der Waals surface area contributed by atoms with Gasteiger partial charge in [0, 0.05) is 10.3 Å². The first-order chi connectivity index (χ1) is 9.06. The number of thiophene rings is 1. The van der Waals surface area contributed by atoms with Crippen LogP contribution in [0.4, 0.5) is 0 Å². The van der Waals surface area contributed by atoms with Crippen molar-refractivity contribution in [3.63, 3.8) is 0 Å². The van der Waals surface area contributed by atoms with E-state index in [2.05, 4.69) is 0 Å². The molecule has 0 unspecified atom stereocenters. The van der Waals surface area contributed by atoms with Gasteiger partial charge in [-0.05, 0) is 36.2 Å². The van der Waals surface area contributed by atoms with Gasteiger partial charge in [0.15, 0.2) is 11.5 Å². The number of carboxylic acid groups (broad SMARTS) is 1. The highest BCUT2D eigenvalue weighted by atomic mass is 32.1. The van der Waals surface area contributed by atoms with Gasteiger partial charge in [0.1, 0.15) is 0 Å². The van der Waals surface area contributed by atoms with E-state index in [1.807, 2.05) is 19.1 Å². The predicted octanol–water partition coefficient (Wildman–Crippen LogP) is 3.44. The van der Waals surface area contributed by atoms with Crippen LogP contribution < -0.4 is 9.47 Å². The van der Waals surface area contributed by atoms with Crippen LogP contribution in [0.5, 0.6) is 11.5 Å². The minimum atomic E-state index is -0.916. The summed E-state index contributed by atoms with van der Waals surface area (Å²) in [5, 5.41) is 10.6. The fourth-order valence-corrected chi connectivity index (χ4v) is 2.80. The number of carboxylic acids is 1. The Kier molecular flexibility index (Phi) is 3.76. The van der Waals surface area contributed by atoms with Crippen LogP contribution >= 0.6 is 11.3 Å². The Hall–Kier alpha value is -2.01. The molecule has 0 spiro atoms. The summed E-state index contributed by atoms with van der Waals surface area (Å²) >= 11 is 1.40. The van der Waals surface area contributed by atoms with Gasteiger partial charge in [-0.25, -0.2) is 4.79 Å². The molecule has 0 radical (unpaired) electrons. The third-order valence-electron chi connectivity index (χ3n) is 2.84. The summed E-state index contributed by atoms with van der Waals surface area (Å²) in [5.41, 5.74) is 2.26. The molecule has 0 saturated carbocycles. The lowest BCUT2D eigenvalue weighted by molar-refractivity contribution is 0.0697. The molecule has 1 aromatic heterocycles. The normalized spacial score (nSPS) is 10.3. The summed E-state index contributed by atoms with van der Waals surface area (Å²) in [5.74, 6) is 0.382. The number of aromatic carboxylic acids is 1. The van der Waals surface area contributed by atoms with Gasteiger partial charge in [-0.3, -0.25) is 0 Å². The van der Waals surface area contributed by atoms with Gasteiger partial charge in [-0.1, -0.05) is 0 Å². The Labute approximate surface area is 115 Å². The zero-order chi connectivity index (χ0) is 14.0. The second-order valence-corrected chi connectivity index (χ2v) is 4.94. The Morgan fingerprint density at radius 2 is 1.79 bits per heavy atom. The molecule has 1 aromatic carbocycles. The number of methoxy groups -OCH3 is 2. The Balaban J connectivity index is 2.51. The molecule has 0 aliphatic heterocycles. The van der Waals surface area contributed by atoms with Crippen molar-refractivity contribution in [2.45, 2.75) is 6.92 Å². The number of aryl methyl sites for hydroxylation is 1. The lowest BCUT2D eigenvalue weighted by Gasteiger charge is -2.11. The first-order valence-corrected chi connectivity index (χ1v) is 6.49. The van der Waals surface area contributed by atoms with Crippen molar-refractivity contribution in [2.24, 2.45) is 0 Å². The molecule has 1 heterocycles. The van der Waals surface area contributed by atoms with Crippen LogP contribution in [-0.4, -0.2) is 25.3 Å². The van der Waals surface area contributed by atoms with Crippen LogP contribution in [-0.2, 0) is 0 Å². The molecule has 0 aliphatic carbocycles. The van der Waals surface area contributed by atoms with Crippen LogP contribution in [0.3, 0.4) is 0 Å². The summed E-state index contributed by atoms with van der Waals surface area (Å²) in [7, 11) is 3.17. The molecule has 0 fully saturated rings. The molecule has 19 heavy (non-hydrogen) atoms. The first kappa shape index (κ1) is 13.4. The van der Waals surface area contributed by atoms with Crippen LogP contribution in [0.15, 0.2) is 23.6 Å². The molecule has 1 N–H and O–H groups in total.